The number of carboxylic acids is 1. The Kier molecular flexibility index (Phi) is 18.0. The number of carboxylic acid groups (broad SMARTS) is 1. The molecule has 0 aliphatic heterocycles. The number of rotatable bonds is 21. The Bertz CT molecular complexity index is 1640. The van der Waals surface area contributed by atoms with Crippen LogP contribution in [0.5, 0.6) is 0 Å². The number of hydrogen-bond donors (Lipinski definition) is 3. The average Bonchev–Trinajstić information content (AvgIpc) is 3.48. The third-order valence-electron chi connectivity index (χ3n) is 8.43. The van der Waals surface area contributed by atoms with Crippen LogP contribution < -0.4 is 5.43 Å². The predicted molar refractivity (Wildman–Crippen MR) is 195 cm³/mol. The summed E-state index contributed by atoms with van der Waals surface area (Å²) in [5.74, 6) is -1.21. The standard InChI is InChI=1S/C27H44F3N3.C11H7FN2O2S/c1-2-3-4-5-6-10-13-16-22-31-33-23-20-25-26(33)19-18-24(32-25)17-14-11-8-7-9-12-15-21-27(28,29)30;12-7-3-1-2-6(4-7)9-13-5-8(11(15)16)10(17)14-9/h18-20,23,31H,2-17,21-22H2,1H3;1-5H,(H,15,16)(H,13,14,17). The molecule has 0 amide bonds. The van der Waals surface area contributed by atoms with Crippen molar-refractivity contribution >= 4 is 29.2 Å². The van der Waals surface area contributed by atoms with Crippen LogP contribution in [0.2, 0.25) is 0 Å². The van der Waals surface area contributed by atoms with E-state index >= 15 is 0 Å². The molecule has 3 aromatic heterocycles. The molecule has 0 aliphatic rings. The molecule has 12 heteroatoms. The van der Waals surface area contributed by atoms with Crippen LogP contribution in [0.15, 0.2) is 54.9 Å². The van der Waals surface area contributed by atoms with Crippen molar-refractivity contribution in [2.24, 2.45) is 0 Å². The third-order valence-corrected chi connectivity index (χ3v) is 8.76. The summed E-state index contributed by atoms with van der Waals surface area (Å²) in [5, 5.41) is 8.78. The lowest BCUT2D eigenvalue weighted by Crippen LogP contribution is -2.14. The Morgan fingerprint density at radius 3 is 2.20 bits per heavy atom. The van der Waals surface area contributed by atoms with Gasteiger partial charge in [-0.25, -0.2) is 14.2 Å². The first-order valence-corrected chi connectivity index (χ1v) is 18.3. The molecule has 0 fully saturated rings. The highest BCUT2D eigenvalue weighted by molar-refractivity contribution is 7.71. The molecule has 0 saturated carbocycles. The number of alkyl halides is 3. The molecular formula is C38H51F4N5O2S. The highest BCUT2D eigenvalue weighted by Crippen LogP contribution is 2.23. The van der Waals surface area contributed by atoms with Gasteiger partial charge in [-0.2, -0.15) is 13.2 Å². The van der Waals surface area contributed by atoms with E-state index in [0.29, 0.717) is 17.8 Å². The summed E-state index contributed by atoms with van der Waals surface area (Å²) < 4.78 is 51.5. The molecule has 4 rings (SSSR count). The van der Waals surface area contributed by atoms with E-state index in [1.807, 2.05) is 0 Å². The maximum atomic E-state index is 13.0. The Morgan fingerprint density at radius 1 is 0.900 bits per heavy atom. The highest BCUT2D eigenvalue weighted by Gasteiger charge is 2.25. The molecule has 0 atom stereocenters. The number of unbranched alkanes of at least 4 members (excludes halogenated alkanes) is 13. The number of hydrogen-bond acceptors (Lipinski definition) is 5. The Balaban J connectivity index is 0.000000331. The first-order chi connectivity index (χ1) is 24.1. The van der Waals surface area contributed by atoms with Crippen LogP contribution in [0, 0.1) is 10.5 Å². The number of benzene rings is 1. The van der Waals surface area contributed by atoms with E-state index in [4.69, 9.17) is 22.3 Å². The van der Waals surface area contributed by atoms with Crippen LogP contribution in [0.1, 0.15) is 126 Å². The van der Waals surface area contributed by atoms with Crippen LogP contribution in [0.4, 0.5) is 17.6 Å². The fourth-order valence-electron chi connectivity index (χ4n) is 5.64. The minimum absolute atomic E-state index is 0.0618. The van der Waals surface area contributed by atoms with Crippen LogP contribution in [-0.4, -0.2) is 43.4 Å². The number of nitrogens with zero attached hydrogens (tertiary/aromatic N) is 3. The zero-order valence-corrected chi connectivity index (χ0v) is 29.9. The van der Waals surface area contributed by atoms with Crippen molar-refractivity contribution in [1.29, 1.82) is 0 Å². The van der Waals surface area contributed by atoms with E-state index in [0.717, 1.165) is 68.0 Å². The van der Waals surface area contributed by atoms with Gasteiger partial charge in [0.2, 0.25) is 0 Å². The topological polar surface area (TPSA) is 95.8 Å². The maximum absolute atomic E-state index is 13.0. The van der Waals surface area contributed by atoms with Crippen molar-refractivity contribution < 1.29 is 27.5 Å². The minimum Gasteiger partial charge on any atom is -0.478 e. The zero-order chi connectivity index (χ0) is 36.2. The van der Waals surface area contributed by atoms with E-state index in [1.165, 1.54) is 69.6 Å². The van der Waals surface area contributed by atoms with Gasteiger partial charge in [-0.15, -0.1) is 0 Å². The van der Waals surface area contributed by atoms with Gasteiger partial charge in [0.05, 0.1) is 11.0 Å². The van der Waals surface area contributed by atoms with Crippen molar-refractivity contribution in [3.8, 4) is 11.4 Å². The largest absolute Gasteiger partial charge is 0.478 e. The smallest absolute Gasteiger partial charge is 0.389 e. The molecule has 0 radical (unpaired) electrons. The van der Waals surface area contributed by atoms with E-state index in [-0.39, 0.29) is 16.6 Å². The molecule has 0 spiro atoms. The lowest BCUT2D eigenvalue weighted by atomic mass is 10.1. The van der Waals surface area contributed by atoms with E-state index in [1.54, 1.807) is 6.07 Å². The molecule has 0 unspecified atom stereocenters. The molecule has 0 bridgehead atoms. The lowest BCUT2D eigenvalue weighted by molar-refractivity contribution is -0.135. The number of halogens is 4. The second-order valence-electron chi connectivity index (χ2n) is 12.7. The predicted octanol–water partition coefficient (Wildman–Crippen LogP) is 11.6. The first-order valence-electron chi connectivity index (χ1n) is 17.9. The fraction of sp³-hybridized carbons (Fsp3) is 0.526. The molecule has 7 nitrogen and oxygen atoms in total. The quantitative estimate of drug-likeness (QED) is 0.0451. The van der Waals surface area contributed by atoms with Crippen LogP contribution in [0.3, 0.4) is 0 Å². The summed E-state index contributed by atoms with van der Waals surface area (Å²) in [5.41, 5.74) is 7.20. The molecule has 0 aliphatic carbocycles. The van der Waals surface area contributed by atoms with Crippen LogP contribution in [0.25, 0.3) is 22.4 Å². The van der Waals surface area contributed by atoms with Gasteiger partial charge in [-0.05, 0) is 56.0 Å². The second-order valence-corrected chi connectivity index (χ2v) is 13.1. The van der Waals surface area contributed by atoms with E-state index in [2.05, 4.69) is 51.4 Å². The van der Waals surface area contributed by atoms with Crippen LogP contribution >= 0.6 is 12.2 Å². The van der Waals surface area contributed by atoms with Gasteiger partial charge in [0.25, 0.3) is 0 Å². The van der Waals surface area contributed by atoms with E-state index < -0.39 is 24.4 Å². The number of aromatic nitrogens is 4. The molecule has 0 saturated heterocycles. The van der Waals surface area contributed by atoms with E-state index in [9.17, 15) is 22.4 Å². The fourth-order valence-corrected chi connectivity index (χ4v) is 5.88. The van der Waals surface area contributed by atoms with Crippen molar-refractivity contribution in [3.63, 3.8) is 0 Å². The molecular weight excluding hydrogens is 667 g/mol. The SMILES string of the molecule is CCCCCCCCCCNn1ccc2nc(CCCCCCCCCC(F)(F)F)ccc21.O=C(O)c1cnc(-c2cccc(F)c2)[nH]c1=S. The van der Waals surface area contributed by atoms with Gasteiger partial charge in [-0.3, -0.25) is 9.66 Å². The molecule has 3 N–H and O–H groups in total. The van der Waals surface area contributed by atoms with Gasteiger partial charge in [0, 0.05) is 36.6 Å². The Labute approximate surface area is 297 Å². The number of aromatic carboxylic acids is 1. The molecule has 4 aromatic rings. The maximum Gasteiger partial charge on any atom is 0.389 e. The minimum atomic E-state index is -4.00. The van der Waals surface area contributed by atoms with Crippen LogP contribution in [-0.2, 0) is 6.42 Å². The van der Waals surface area contributed by atoms with Gasteiger partial charge in [-0.1, -0.05) is 108 Å². The Morgan fingerprint density at radius 2 is 1.56 bits per heavy atom. The zero-order valence-electron chi connectivity index (χ0n) is 29.0. The summed E-state index contributed by atoms with van der Waals surface area (Å²) in [6, 6.07) is 12.1. The number of aryl methyl sites for hydroxylation is 1. The summed E-state index contributed by atoms with van der Waals surface area (Å²) >= 11 is 4.88. The van der Waals surface area contributed by atoms with Gasteiger partial charge in [0.15, 0.2) is 0 Å². The number of pyridine rings is 1. The molecule has 3 heterocycles. The molecule has 274 valence electrons. The number of fused-ring (bicyclic) bond motifs is 1. The number of H-pyrrole nitrogens is 1. The lowest BCUT2D eigenvalue weighted by Gasteiger charge is -2.09. The summed E-state index contributed by atoms with van der Waals surface area (Å²) in [6.45, 7) is 3.24. The molecule has 50 heavy (non-hydrogen) atoms. The highest BCUT2D eigenvalue weighted by atomic mass is 32.1. The van der Waals surface area contributed by atoms with Crippen molar-refractivity contribution in [2.75, 3.05) is 12.0 Å². The number of aromatic amines is 1. The first kappa shape index (κ1) is 40.6. The third kappa shape index (κ3) is 15.4. The monoisotopic (exact) mass is 717 g/mol. The summed E-state index contributed by atoms with van der Waals surface area (Å²) in [6.07, 6.45) is 16.3. The van der Waals surface area contributed by atoms with Gasteiger partial charge >= 0.3 is 12.1 Å². The van der Waals surface area contributed by atoms with Gasteiger partial charge in [0.1, 0.15) is 21.8 Å². The molecule has 1 aromatic carbocycles. The van der Waals surface area contributed by atoms with Crippen molar-refractivity contribution in [1.82, 2.24) is 19.6 Å². The summed E-state index contributed by atoms with van der Waals surface area (Å²) in [7, 11) is 0. The van der Waals surface area contributed by atoms with Gasteiger partial charge < -0.3 is 15.5 Å². The van der Waals surface area contributed by atoms with Crippen molar-refractivity contribution in [2.45, 2.75) is 122 Å². The van der Waals surface area contributed by atoms with Crippen molar-refractivity contribution in [3.05, 3.63) is 76.6 Å². The normalized spacial score (nSPS) is 11.4. The number of nitrogens with one attached hydrogen (secondary N) is 2. The summed E-state index contributed by atoms with van der Waals surface area (Å²) in [4.78, 5) is 22.1. The Hall–Kier alpha value is -3.80. The number of carbonyl (C=O) groups is 1. The second kappa shape index (κ2) is 22.1. The average molecular weight is 718 g/mol.